The van der Waals surface area contributed by atoms with Gasteiger partial charge in [0.2, 0.25) is 5.12 Å². The van der Waals surface area contributed by atoms with Gasteiger partial charge in [-0.05, 0) is 23.8 Å². The summed E-state index contributed by atoms with van der Waals surface area (Å²) in [7, 11) is 1.61. The minimum Gasteiger partial charge on any atom is -0.497 e. The molecule has 0 spiro atoms. The maximum Gasteiger partial charge on any atom is 0.209 e. The minimum absolute atomic E-state index is 0.254. The maximum atomic E-state index is 10.5. The number of methoxy groups -OCH3 is 1. The van der Waals surface area contributed by atoms with E-state index in [4.69, 9.17) is 4.74 Å². The first-order valence-electron chi connectivity index (χ1n) is 3.77. The lowest BCUT2D eigenvalue weighted by Crippen LogP contribution is -1.82. The first-order valence-corrected chi connectivity index (χ1v) is 4.22. The van der Waals surface area contributed by atoms with E-state index in [1.54, 1.807) is 13.2 Å². The van der Waals surface area contributed by atoms with Gasteiger partial charge in [0.1, 0.15) is 5.75 Å². The van der Waals surface area contributed by atoms with Crippen LogP contribution in [0.25, 0.3) is 6.08 Å². The average molecular weight is 194 g/mol. The summed E-state index contributed by atoms with van der Waals surface area (Å²) in [6, 6.07) is 7.41. The van der Waals surface area contributed by atoms with E-state index in [9.17, 15) is 4.79 Å². The Morgan fingerprint density at radius 3 is 2.46 bits per heavy atom. The van der Waals surface area contributed by atoms with E-state index in [-0.39, 0.29) is 5.12 Å². The van der Waals surface area contributed by atoms with Crippen LogP contribution in [0.2, 0.25) is 0 Å². The molecule has 1 aromatic rings. The fourth-order valence-corrected chi connectivity index (χ4v) is 0.957. The van der Waals surface area contributed by atoms with Gasteiger partial charge in [-0.2, -0.15) is 0 Å². The predicted octanol–water partition coefficient (Wildman–Crippen LogP) is 2.16. The summed E-state index contributed by atoms with van der Waals surface area (Å²) in [6.45, 7) is 0. The third kappa shape index (κ3) is 3.34. The molecule has 0 aliphatic rings. The third-order valence-electron chi connectivity index (χ3n) is 1.53. The second-order valence-corrected chi connectivity index (χ2v) is 2.89. The highest BCUT2D eigenvalue weighted by Crippen LogP contribution is 2.12. The van der Waals surface area contributed by atoms with Gasteiger partial charge in [0.05, 0.1) is 7.11 Å². The lowest BCUT2D eigenvalue weighted by molar-refractivity contribution is -0.106. The highest BCUT2D eigenvalue weighted by Gasteiger charge is 1.90. The Balaban J connectivity index is 2.75. The molecule has 0 saturated heterocycles. The Kier molecular flexibility index (Phi) is 3.58. The maximum absolute atomic E-state index is 10.5. The number of rotatable bonds is 3. The molecule has 0 aliphatic heterocycles. The van der Waals surface area contributed by atoms with E-state index in [1.165, 1.54) is 6.08 Å². The van der Waals surface area contributed by atoms with Crippen molar-refractivity contribution >= 4 is 23.8 Å². The average Bonchev–Trinajstić information content (AvgIpc) is 2.15. The Morgan fingerprint density at radius 1 is 1.38 bits per heavy atom. The van der Waals surface area contributed by atoms with Gasteiger partial charge in [0, 0.05) is 0 Å². The molecule has 0 atom stereocenters. The van der Waals surface area contributed by atoms with Crippen molar-refractivity contribution in [1.29, 1.82) is 0 Å². The van der Waals surface area contributed by atoms with Crippen molar-refractivity contribution in [2.75, 3.05) is 7.11 Å². The minimum atomic E-state index is -0.254. The number of carbonyl (C=O) groups is 1. The molecule has 2 nitrogen and oxygen atoms in total. The SMILES string of the molecule is COc1ccc(C=CC(=O)S)cc1. The molecule has 1 rings (SSSR count). The van der Waals surface area contributed by atoms with Crippen LogP contribution in [0.3, 0.4) is 0 Å². The van der Waals surface area contributed by atoms with Crippen LogP contribution in [0, 0.1) is 0 Å². The first kappa shape index (κ1) is 9.86. The van der Waals surface area contributed by atoms with Crippen molar-refractivity contribution < 1.29 is 9.53 Å². The molecule has 0 saturated carbocycles. The summed E-state index contributed by atoms with van der Waals surface area (Å²) < 4.78 is 4.99. The zero-order valence-electron chi connectivity index (χ0n) is 7.23. The van der Waals surface area contributed by atoms with E-state index in [0.717, 1.165) is 11.3 Å². The van der Waals surface area contributed by atoms with Gasteiger partial charge >= 0.3 is 0 Å². The molecule has 0 aromatic heterocycles. The van der Waals surface area contributed by atoms with Crippen molar-refractivity contribution in [3.05, 3.63) is 35.9 Å². The van der Waals surface area contributed by atoms with Gasteiger partial charge in [-0.25, -0.2) is 0 Å². The van der Waals surface area contributed by atoms with Crippen LogP contribution in [-0.4, -0.2) is 12.2 Å². The highest BCUT2D eigenvalue weighted by atomic mass is 32.1. The Morgan fingerprint density at radius 2 is 2.00 bits per heavy atom. The second kappa shape index (κ2) is 4.72. The number of carbonyl (C=O) groups excluding carboxylic acids is 1. The standard InChI is InChI=1S/C10H10O2S/c1-12-9-5-2-8(3-6-9)4-7-10(11)13/h2-7H,1H3,(H,11,13). The Bertz CT molecular complexity index is 314. The van der Waals surface area contributed by atoms with Crippen LogP contribution < -0.4 is 4.74 Å². The smallest absolute Gasteiger partial charge is 0.209 e. The fraction of sp³-hybridized carbons (Fsp3) is 0.100. The van der Waals surface area contributed by atoms with Gasteiger partial charge in [-0.3, -0.25) is 4.79 Å². The Labute approximate surface area is 82.6 Å². The summed E-state index contributed by atoms with van der Waals surface area (Å²) in [5.74, 6) is 0.800. The number of hydrogen-bond donors (Lipinski definition) is 1. The monoisotopic (exact) mass is 194 g/mol. The first-order chi connectivity index (χ1) is 6.22. The van der Waals surface area contributed by atoms with Crippen LogP contribution in [0.15, 0.2) is 30.3 Å². The van der Waals surface area contributed by atoms with Crippen molar-refractivity contribution in [2.45, 2.75) is 0 Å². The Hall–Kier alpha value is -1.22. The molecule has 0 bridgehead atoms. The van der Waals surface area contributed by atoms with E-state index in [0.29, 0.717) is 0 Å². The lowest BCUT2D eigenvalue weighted by atomic mass is 10.2. The van der Waals surface area contributed by atoms with Crippen LogP contribution >= 0.6 is 12.6 Å². The third-order valence-corrected chi connectivity index (χ3v) is 1.68. The molecule has 1 aromatic carbocycles. The predicted molar refractivity (Wildman–Crippen MR) is 56.0 cm³/mol. The van der Waals surface area contributed by atoms with E-state index in [1.807, 2.05) is 24.3 Å². The van der Waals surface area contributed by atoms with Crippen LogP contribution in [0.1, 0.15) is 5.56 Å². The van der Waals surface area contributed by atoms with Gasteiger partial charge in [0.25, 0.3) is 0 Å². The van der Waals surface area contributed by atoms with Crippen LogP contribution in [0.5, 0.6) is 5.75 Å². The molecule has 3 heteroatoms. The van der Waals surface area contributed by atoms with Gasteiger partial charge in [-0.1, -0.05) is 18.2 Å². The zero-order valence-corrected chi connectivity index (χ0v) is 8.12. The topological polar surface area (TPSA) is 26.3 Å². The zero-order chi connectivity index (χ0) is 9.68. The van der Waals surface area contributed by atoms with Crippen molar-refractivity contribution in [3.8, 4) is 5.75 Å². The summed E-state index contributed by atoms with van der Waals surface area (Å²) in [6.07, 6.45) is 3.11. The molecule has 13 heavy (non-hydrogen) atoms. The number of ether oxygens (including phenoxy) is 1. The van der Waals surface area contributed by atoms with Gasteiger partial charge in [0.15, 0.2) is 0 Å². The number of benzene rings is 1. The normalized spacial score (nSPS) is 10.3. The van der Waals surface area contributed by atoms with Crippen molar-refractivity contribution in [2.24, 2.45) is 0 Å². The lowest BCUT2D eigenvalue weighted by Gasteiger charge is -1.98. The molecule has 0 radical (unpaired) electrons. The van der Waals surface area contributed by atoms with Gasteiger partial charge in [-0.15, -0.1) is 12.6 Å². The van der Waals surface area contributed by atoms with E-state index >= 15 is 0 Å². The molecular weight excluding hydrogens is 184 g/mol. The molecule has 0 amide bonds. The quantitative estimate of drug-likeness (QED) is 0.589. The van der Waals surface area contributed by atoms with Crippen LogP contribution in [-0.2, 0) is 4.79 Å². The van der Waals surface area contributed by atoms with Gasteiger partial charge < -0.3 is 4.74 Å². The molecular formula is C10H10O2S. The molecule has 0 heterocycles. The molecule has 0 fully saturated rings. The summed E-state index contributed by atoms with van der Waals surface area (Å²) >= 11 is 3.62. The van der Waals surface area contributed by atoms with E-state index < -0.39 is 0 Å². The summed E-state index contributed by atoms with van der Waals surface area (Å²) in [5.41, 5.74) is 0.947. The molecule has 68 valence electrons. The molecule has 0 unspecified atom stereocenters. The van der Waals surface area contributed by atoms with E-state index in [2.05, 4.69) is 12.6 Å². The molecule has 0 aliphatic carbocycles. The molecule has 0 N–H and O–H groups in total. The highest BCUT2D eigenvalue weighted by molar-refractivity contribution is 7.97. The number of thiol groups is 1. The number of hydrogen-bond acceptors (Lipinski definition) is 2. The summed E-state index contributed by atoms with van der Waals surface area (Å²) in [5, 5.41) is -0.254. The second-order valence-electron chi connectivity index (χ2n) is 2.44. The van der Waals surface area contributed by atoms with Crippen LogP contribution in [0.4, 0.5) is 0 Å². The largest absolute Gasteiger partial charge is 0.497 e. The van der Waals surface area contributed by atoms with Crippen molar-refractivity contribution in [3.63, 3.8) is 0 Å². The fourth-order valence-electron chi connectivity index (χ4n) is 0.883. The summed E-state index contributed by atoms with van der Waals surface area (Å²) in [4.78, 5) is 10.5. The van der Waals surface area contributed by atoms with Crippen molar-refractivity contribution in [1.82, 2.24) is 0 Å².